The summed E-state index contributed by atoms with van der Waals surface area (Å²) in [6, 6.07) is 15.4. The second-order valence-electron chi connectivity index (χ2n) is 5.68. The summed E-state index contributed by atoms with van der Waals surface area (Å²) in [6.07, 6.45) is -0.0764. The normalized spacial score (nSPS) is 11.5. The number of aryl methyl sites for hydroxylation is 1. The Morgan fingerprint density at radius 2 is 1.84 bits per heavy atom. The fourth-order valence-electron chi connectivity index (χ4n) is 2.29. The van der Waals surface area contributed by atoms with Gasteiger partial charge in [-0.25, -0.2) is 0 Å². The molecule has 1 unspecified atom stereocenters. The van der Waals surface area contributed by atoms with Crippen LogP contribution in [0.3, 0.4) is 0 Å². The summed E-state index contributed by atoms with van der Waals surface area (Å²) < 4.78 is 5.95. The van der Waals surface area contributed by atoms with Gasteiger partial charge in [0.1, 0.15) is 11.9 Å². The van der Waals surface area contributed by atoms with Gasteiger partial charge in [-0.15, -0.1) is 0 Å². The molecule has 2 rings (SSSR count). The summed E-state index contributed by atoms with van der Waals surface area (Å²) in [7, 11) is 0. The number of carbonyl (C=O) groups excluding carboxylic acids is 2. The molecule has 2 amide bonds. The van der Waals surface area contributed by atoms with Gasteiger partial charge in [-0.2, -0.15) is 0 Å². The predicted molar refractivity (Wildman–Crippen MR) is 97.4 cm³/mol. The molecule has 0 aromatic heterocycles. The zero-order valence-corrected chi connectivity index (χ0v) is 14.4. The maximum atomic E-state index is 11.8. The van der Waals surface area contributed by atoms with E-state index in [9.17, 15) is 9.59 Å². The summed E-state index contributed by atoms with van der Waals surface area (Å²) in [5.41, 5.74) is 7.81. The zero-order chi connectivity index (χ0) is 18.2. The molecule has 0 bridgehead atoms. The lowest BCUT2D eigenvalue weighted by Crippen LogP contribution is -2.36. The number of amides is 2. The zero-order valence-electron chi connectivity index (χ0n) is 14.4. The molecule has 0 fully saturated rings. The van der Waals surface area contributed by atoms with E-state index in [1.807, 2.05) is 50.2 Å². The Morgan fingerprint density at radius 1 is 1.12 bits per heavy atom. The van der Waals surface area contributed by atoms with Crippen LogP contribution in [0.25, 0.3) is 0 Å². The van der Waals surface area contributed by atoms with Crippen LogP contribution in [0.5, 0.6) is 5.75 Å². The highest BCUT2D eigenvalue weighted by Gasteiger charge is 2.10. The fraction of sp³-hybridized carbons (Fsp3) is 0.263. The quantitative estimate of drug-likeness (QED) is 0.719. The molecular formula is C19H23N3O3. The molecule has 0 aliphatic carbocycles. The van der Waals surface area contributed by atoms with Gasteiger partial charge in [0.05, 0.1) is 13.1 Å². The molecule has 132 valence electrons. The molecule has 0 aliphatic rings. The fourth-order valence-corrected chi connectivity index (χ4v) is 2.29. The number of benzene rings is 2. The summed E-state index contributed by atoms with van der Waals surface area (Å²) in [5, 5.41) is 5.18. The third kappa shape index (κ3) is 5.61. The molecule has 0 saturated carbocycles. The van der Waals surface area contributed by atoms with Crippen molar-refractivity contribution in [1.82, 2.24) is 5.32 Å². The Labute approximate surface area is 147 Å². The van der Waals surface area contributed by atoms with Gasteiger partial charge in [-0.3, -0.25) is 9.59 Å². The van der Waals surface area contributed by atoms with E-state index in [4.69, 9.17) is 10.5 Å². The molecule has 0 radical (unpaired) electrons. The molecule has 0 saturated heterocycles. The molecule has 6 nitrogen and oxygen atoms in total. The number of ether oxygens (including phenoxy) is 1. The lowest BCUT2D eigenvalue weighted by atomic mass is 10.1. The number of rotatable bonds is 7. The molecule has 0 aliphatic heterocycles. The Balaban J connectivity index is 1.96. The van der Waals surface area contributed by atoms with Gasteiger partial charge in [0.2, 0.25) is 11.8 Å². The van der Waals surface area contributed by atoms with Crippen LogP contribution in [0, 0.1) is 6.92 Å². The van der Waals surface area contributed by atoms with Gasteiger partial charge in [-0.1, -0.05) is 30.3 Å². The van der Waals surface area contributed by atoms with E-state index < -0.39 is 0 Å². The number of hydrogen-bond acceptors (Lipinski definition) is 4. The minimum Gasteiger partial charge on any atom is -0.486 e. The molecular weight excluding hydrogens is 318 g/mol. The van der Waals surface area contributed by atoms with Crippen LogP contribution in [-0.2, 0) is 9.59 Å². The third-order valence-corrected chi connectivity index (χ3v) is 3.69. The second kappa shape index (κ2) is 8.84. The molecule has 4 N–H and O–H groups in total. The number of nitrogens with one attached hydrogen (secondary N) is 2. The molecule has 0 heterocycles. The number of hydrogen-bond donors (Lipinski definition) is 3. The smallest absolute Gasteiger partial charge is 0.243 e. The van der Waals surface area contributed by atoms with Crippen molar-refractivity contribution in [3.8, 4) is 5.75 Å². The lowest BCUT2D eigenvalue weighted by molar-refractivity contribution is -0.123. The summed E-state index contributed by atoms with van der Waals surface area (Å²) in [5.74, 6) is 0.0463. The van der Waals surface area contributed by atoms with Crippen molar-refractivity contribution in [2.45, 2.75) is 20.0 Å². The van der Waals surface area contributed by atoms with E-state index in [0.29, 0.717) is 5.69 Å². The molecule has 1 atom stereocenters. The maximum absolute atomic E-state index is 11.8. The largest absolute Gasteiger partial charge is 0.486 e. The van der Waals surface area contributed by atoms with Crippen LogP contribution < -0.4 is 21.1 Å². The maximum Gasteiger partial charge on any atom is 0.243 e. The predicted octanol–water partition coefficient (Wildman–Crippen LogP) is 2.15. The van der Waals surface area contributed by atoms with Gasteiger partial charge in [0, 0.05) is 5.69 Å². The first-order chi connectivity index (χ1) is 12.0. The van der Waals surface area contributed by atoms with Crippen molar-refractivity contribution in [3.63, 3.8) is 0 Å². The molecule has 2 aromatic carbocycles. The second-order valence-corrected chi connectivity index (χ2v) is 5.68. The highest BCUT2D eigenvalue weighted by molar-refractivity contribution is 5.95. The first-order valence-corrected chi connectivity index (χ1v) is 8.08. The van der Waals surface area contributed by atoms with Crippen molar-refractivity contribution in [2.75, 3.05) is 18.4 Å². The van der Waals surface area contributed by atoms with Crippen LogP contribution in [0.1, 0.15) is 24.2 Å². The van der Waals surface area contributed by atoms with Crippen molar-refractivity contribution in [1.29, 1.82) is 0 Å². The number of nitrogens with two attached hydrogens (primary N) is 1. The number of anilines is 1. The SMILES string of the molecule is Cc1cc(OC(C)c2ccccc2)ccc1NC(=O)CNC(=O)CN. The van der Waals surface area contributed by atoms with E-state index in [-0.39, 0.29) is 31.0 Å². The molecule has 6 heteroatoms. The topological polar surface area (TPSA) is 93.5 Å². The highest BCUT2D eigenvalue weighted by Crippen LogP contribution is 2.26. The molecule has 2 aromatic rings. The monoisotopic (exact) mass is 341 g/mol. The van der Waals surface area contributed by atoms with Crippen LogP contribution >= 0.6 is 0 Å². The van der Waals surface area contributed by atoms with Crippen molar-refractivity contribution >= 4 is 17.5 Å². The standard InChI is InChI=1S/C19H23N3O3/c1-13-10-16(25-14(2)15-6-4-3-5-7-15)8-9-17(13)22-19(24)12-21-18(23)11-20/h3-10,14H,11-12,20H2,1-2H3,(H,21,23)(H,22,24). The first kappa shape index (κ1) is 18.5. The van der Waals surface area contributed by atoms with Crippen molar-refractivity contribution in [3.05, 3.63) is 59.7 Å². The summed E-state index contributed by atoms with van der Waals surface area (Å²) >= 11 is 0. The Kier molecular flexibility index (Phi) is 6.54. The van der Waals surface area contributed by atoms with Crippen LogP contribution in [-0.4, -0.2) is 24.9 Å². The van der Waals surface area contributed by atoms with Gasteiger partial charge in [0.15, 0.2) is 0 Å². The van der Waals surface area contributed by atoms with Gasteiger partial charge < -0.3 is 21.1 Å². The van der Waals surface area contributed by atoms with E-state index in [0.717, 1.165) is 16.9 Å². The third-order valence-electron chi connectivity index (χ3n) is 3.69. The average molecular weight is 341 g/mol. The first-order valence-electron chi connectivity index (χ1n) is 8.08. The summed E-state index contributed by atoms with van der Waals surface area (Å²) in [6.45, 7) is 3.62. The minimum absolute atomic E-state index is 0.0764. The molecule has 0 spiro atoms. The summed E-state index contributed by atoms with van der Waals surface area (Å²) in [4.78, 5) is 22.9. The van der Waals surface area contributed by atoms with Crippen LogP contribution in [0.4, 0.5) is 5.69 Å². The average Bonchev–Trinajstić information content (AvgIpc) is 2.62. The van der Waals surface area contributed by atoms with Gasteiger partial charge in [-0.05, 0) is 43.2 Å². The lowest BCUT2D eigenvalue weighted by Gasteiger charge is -2.16. The Hall–Kier alpha value is -2.86. The highest BCUT2D eigenvalue weighted by atomic mass is 16.5. The molecule has 25 heavy (non-hydrogen) atoms. The Bertz CT molecular complexity index is 732. The van der Waals surface area contributed by atoms with Crippen molar-refractivity contribution < 1.29 is 14.3 Å². The van der Waals surface area contributed by atoms with E-state index in [2.05, 4.69) is 10.6 Å². The van der Waals surface area contributed by atoms with E-state index in [1.165, 1.54) is 0 Å². The number of carbonyl (C=O) groups is 2. The Morgan fingerprint density at radius 3 is 2.48 bits per heavy atom. The van der Waals surface area contributed by atoms with Gasteiger partial charge in [0.25, 0.3) is 0 Å². The van der Waals surface area contributed by atoms with Crippen molar-refractivity contribution in [2.24, 2.45) is 5.73 Å². The van der Waals surface area contributed by atoms with E-state index in [1.54, 1.807) is 12.1 Å². The van der Waals surface area contributed by atoms with Crippen LogP contribution in [0.2, 0.25) is 0 Å². The minimum atomic E-state index is -0.370. The van der Waals surface area contributed by atoms with Crippen LogP contribution in [0.15, 0.2) is 48.5 Å². The van der Waals surface area contributed by atoms with E-state index >= 15 is 0 Å². The van der Waals surface area contributed by atoms with Gasteiger partial charge >= 0.3 is 0 Å².